The third-order valence-electron chi connectivity index (χ3n) is 4.82. The number of aliphatic carboxylic acids is 1. The first-order valence-electron chi connectivity index (χ1n) is 8.21. The van der Waals surface area contributed by atoms with Gasteiger partial charge in [0.15, 0.2) is 0 Å². The van der Waals surface area contributed by atoms with Crippen LogP contribution < -0.4 is 0 Å². The van der Waals surface area contributed by atoms with Crippen molar-refractivity contribution in [2.75, 3.05) is 13.1 Å². The van der Waals surface area contributed by atoms with Gasteiger partial charge in [-0.25, -0.2) is 4.68 Å². The Kier molecular flexibility index (Phi) is 4.81. The Balaban J connectivity index is 1.80. The normalized spacial score (nSPS) is 20.5. The SMILES string of the molecule is Cc1c(C(=O)N2CCC(C(=O)O)C(C)C2)cnn1-c1ccc(Cl)cc1. The first-order chi connectivity index (χ1) is 11.9. The van der Waals surface area contributed by atoms with Crippen LogP contribution in [0.4, 0.5) is 0 Å². The van der Waals surface area contributed by atoms with Crippen LogP contribution in [-0.2, 0) is 4.79 Å². The molecule has 3 rings (SSSR count). The molecule has 2 unspecified atom stereocenters. The van der Waals surface area contributed by atoms with Gasteiger partial charge >= 0.3 is 5.97 Å². The average molecular weight is 362 g/mol. The number of piperidine rings is 1. The Morgan fingerprint density at radius 3 is 2.56 bits per heavy atom. The monoisotopic (exact) mass is 361 g/mol. The average Bonchev–Trinajstić information content (AvgIpc) is 2.96. The number of amides is 1. The molecule has 7 heteroatoms. The molecule has 6 nitrogen and oxygen atoms in total. The van der Waals surface area contributed by atoms with Crippen LogP contribution in [-0.4, -0.2) is 44.8 Å². The van der Waals surface area contributed by atoms with Crippen molar-refractivity contribution in [1.82, 2.24) is 14.7 Å². The Morgan fingerprint density at radius 2 is 1.96 bits per heavy atom. The largest absolute Gasteiger partial charge is 0.481 e. The maximum Gasteiger partial charge on any atom is 0.306 e. The molecule has 1 fully saturated rings. The Bertz CT molecular complexity index is 800. The van der Waals surface area contributed by atoms with Gasteiger partial charge in [-0.1, -0.05) is 18.5 Å². The first kappa shape index (κ1) is 17.5. The summed E-state index contributed by atoms with van der Waals surface area (Å²) in [6.45, 7) is 4.62. The predicted octanol–water partition coefficient (Wildman–Crippen LogP) is 3.02. The molecule has 2 atom stereocenters. The topological polar surface area (TPSA) is 75.4 Å². The molecule has 1 aromatic heterocycles. The number of carboxylic acid groups (broad SMARTS) is 1. The zero-order chi connectivity index (χ0) is 18.1. The molecule has 1 aliphatic heterocycles. The van der Waals surface area contributed by atoms with E-state index in [1.54, 1.807) is 27.9 Å². The number of carbonyl (C=O) groups excluding carboxylic acids is 1. The molecule has 0 spiro atoms. The molecule has 0 radical (unpaired) electrons. The molecule has 1 N–H and O–H groups in total. The van der Waals surface area contributed by atoms with Crippen molar-refractivity contribution in [2.24, 2.45) is 11.8 Å². The highest BCUT2D eigenvalue weighted by Crippen LogP contribution is 2.26. The number of aromatic nitrogens is 2. The fourth-order valence-electron chi connectivity index (χ4n) is 3.33. The van der Waals surface area contributed by atoms with Gasteiger partial charge in [0.1, 0.15) is 0 Å². The fraction of sp³-hybridized carbons (Fsp3) is 0.389. The number of carboxylic acids is 1. The van der Waals surface area contributed by atoms with Gasteiger partial charge in [-0.3, -0.25) is 9.59 Å². The van der Waals surface area contributed by atoms with Crippen LogP contribution in [0.25, 0.3) is 5.69 Å². The number of halogens is 1. The maximum absolute atomic E-state index is 12.8. The van der Waals surface area contributed by atoms with E-state index >= 15 is 0 Å². The lowest BCUT2D eigenvalue weighted by atomic mass is 9.87. The van der Waals surface area contributed by atoms with Crippen molar-refractivity contribution in [3.8, 4) is 5.69 Å². The third-order valence-corrected chi connectivity index (χ3v) is 5.07. The lowest BCUT2D eigenvalue weighted by molar-refractivity contribution is -0.145. The van der Waals surface area contributed by atoms with Gasteiger partial charge in [0.05, 0.1) is 29.1 Å². The minimum Gasteiger partial charge on any atom is -0.481 e. The van der Waals surface area contributed by atoms with Gasteiger partial charge in [0, 0.05) is 18.1 Å². The molecule has 0 saturated carbocycles. The summed E-state index contributed by atoms with van der Waals surface area (Å²) in [6.07, 6.45) is 2.05. The van der Waals surface area contributed by atoms with Gasteiger partial charge in [0.2, 0.25) is 0 Å². The minimum absolute atomic E-state index is 0.0678. The highest BCUT2D eigenvalue weighted by molar-refractivity contribution is 6.30. The van der Waals surface area contributed by atoms with E-state index in [2.05, 4.69) is 5.10 Å². The van der Waals surface area contributed by atoms with Crippen LogP contribution in [0.1, 0.15) is 29.4 Å². The van der Waals surface area contributed by atoms with E-state index in [1.807, 2.05) is 26.0 Å². The van der Waals surface area contributed by atoms with Crippen molar-refractivity contribution in [1.29, 1.82) is 0 Å². The van der Waals surface area contributed by atoms with Crippen LogP contribution in [0.5, 0.6) is 0 Å². The zero-order valence-corrected chi connectivity index (χ0v) is 14.9. The lowest BCUT2D eigenvalue weighted by Gasteiger charge is -2.34. The molecule has 1 aliphatic rings. The van der Waals surface area contributed by atoms with E-state index in [-0.39, 0.29) is 17.7 Å². The Labute approximate surface area is 151 Å². The molecule has 0 aliphatic carbocycles. The van der Waals surface area contributed by atoms with Crippen LogP contribution >= 0.6 is 11.6 Å². The van der Waals surface area contributed by atoms with E-state index in [1.165, 1.54) is 0 Å². The number of benzene rings is 1. The maximum atomic E-state index is 12.8. The zero-order valence-electron chi connectivity index (χ0n) is 14.1. The number of hydrogen-bond donors (Lipinski definition) is 1. The number of likely N-dealkylation sites (tertiary alicyclic amines) is 1. The molecule has 2 heterocycles. The van der Waals surface area contributed by atoms with Gasteiger partial charge in [-0.15, -0.1) is 0 Å². The Morgan fingerprint density at radius 1 is 1.28 bits per heavy atom. The minimum atomic E-state index is -0.786. The molecular formula is C18H20ClN3O3. The highest BCUT2D eigenvalue weighted by atomic mass is 35.5. The molecule has 25 heavy (non-hydrogen) atoms. The van der Waals surface area contributed by atoms with Crippen LogP contribution in [0.2, 0.25) is 5.02 Å². The molecular weight excluding hydrogens is 342 g/mol. The lowest BCUT2D eigenvalue weighted by Crippen LogP contribution is -2.45. The molecule has 1 aromatic carbocycles. The summed E-state index contributed by atoms with van der Waals surface area (Å²) in [5, 5.41) is 14.2. The summed E-state index contributed by atoms with van der Waals surface area (Å²) in [6, 6.07) is 7.24. The number of carbonyl (C=O) groups is 2. The van der Waals surface area contributed by atoms with E-state index in [9.17, 15) is 14.7 Å². The van der Waals surface area contributed by atoms with E-state index in [4.69, 9.17) is 11.6 Å². The second kappa shape index (κ2) is 6.88. The van der Waals surface area contributed by atoms with Crippen LogP contribution in [0.3, 0.4) is 0 Å². The van der Waals surface area contributed by atoms with E-state index in [0.717, 1.165) is 11.4 Å². The smallest absolute Gasteiger partial charge is 0.306 e. The van der Waals surface area contributed by atoms with Gasteiger partial charge in [-0.05, 0) is 43.5 Å². The fourth-order valence-corrected chi connectivity index (χ4v) is 3.46. The highest BCUT2D eigenvalue weighted by Gasteiger charge is 2.34. The molecule has 1 amide bonds. The molecule has 2 aromatic rings. The van der Waals surface area contributed by atoms with Crippen LogP contribution in [0, 0.1) is 18.8 Å². The number of rotatable bonds is 3. The third kappa shape index (κ3) is 3.39. The van der Waals surface area contributed by atoms with Crippen molar-refractivity contribution >= 4 is 23.5 Å². The summed E-state index contributed by atoms with van der Waals surface area (Å²) in [5.41, 5.74) is 2.12. The summed E-state index contributed by atoms with van der Waals surface area (Å²) < 4.78 is 1.71. The summed E-state index contributed by atoms with van der Waals surface area (Å²) in [5.74, 6) is -1.34. The van der Waals surface area contributed by atoms with E-state index in [0.29, 0.717) is 30.1 Å². The van der Waals surface area contributed by atoms with Gasteiger partial charge < -0.3 is 10.0 Å². The van der Waals surface area contributed by atoms with Crippen molar-refractivity contribution in [2.45, 2.75) is 20.3 Å². The molecule has 1 saturated heterocycles. The molecule has 132 valence electrons. The predicted molar refractivity (Wildman–Crippen MR) is 94.1 cm³/mol. The first-order valence-corrected chi connectivity index (χ1v) is 8.59. The van der Waals surface area contributed by atoms with Crippen molar-refractivity contribution < 1.29 is 14.7 Å². The summed E-state index contributed by atoms with van der Waals surface area (Å²) >= 11 is 5.91. The second-order valence-corrected chi connectivity index (χ2v) is 6.93. The molecule has 0 bridgehead atoms. The van der Waals surface area contributed by atoms with Crippen molar-refractivity contribution in [3.05, 3.63) is 46.7 Å². The number of nitrogens with zero attached hydrogens (tertiary/aromatic N) is 3. The summed E-state index contributed by atoms with van der Waals surface area (Å²) in [4.78, 5) is 25.8. The summed E-state index contributed by atoms with van der Waals surface area (Å²) in [7, 11) is 0. The Hall–Kier alpha value is -2.34. The standard InChI is InChI=1S/C18H20ClN3O3/c1-11-10-21(8-7-15(11)18(24)25)17(23)16-9-20-22(12(16)2)14-5-3-13(19)4-6-14/h3-6,9,11,15H,7-8,10H2,1-2H3,(H,24,25). The van der Waals surface area contributed by atoms with Gasteiger partial charge in [-0.2, -0.15) is 5.10 Å². The van der Waals surface area contributed by atoms with E-state index < -0.39 is 5.97 Å². The van der Waals surface area contributed by atoms with Crippen molar-refractivity contribution in [3.63, 3.8) is 0 Å². The second-order valence-electron chi connectivity index (χ2n) is 6.49. The van der Waals surface area contributed by atoms with Gasteiger partial charge in [0.25, 0.3) is 5.91 Å². The van der Waals surface area contributed by atoms with Crippen LogP contribution in [0.15, 0.2) is 30.5 Å². The quantitative estimate of drug-likeness (QED) is 0.911. The number of hydrogen-bond acceptors (Lipinski definition) is 3.